The van der Waals surface area contributed by atoms with E-state index in [1.807, 2.05) is 37.3 Å². The van der Waals surface area contributed by atoms with Crippen LogP contribution in [0, 0.1) is 0 Å². The lowest BCUT2D eigenvalue weighted by Crippen LogP contribution is -2.38. The molecule has 0 saturated carbocycles. The number of benzene rings is 3. The molecule has 176 valence electrons. The molecule has 1 heterocycles. The third-order valence-corrected chi connectivity index (χ3v) is 7.01. The molecule has 0 bridgehead atoms. The minimum Gasteiger partial charge on any atom is -0.507 e. The van der Waals surface area contributed by atoms with Crippen LogP contribution in [0.2, 0.25) is 0 Å². The summed E-state index contributed by atoms with van der Waals surface area (Å²) in [7, 11) is -3.96. The van der Waals surface area contributed by atoms with Crippen molar-refractivity contribution in [1.82, 2.24) is 4.72 Å². The number of phenolic OH excluding ortho intramolecular Hbond substituents is 1. The van der Waals surface area contributed by atoms with Gasteiger partial charge in [-0.2, -0.15) is 0 Å². The monoisotopic (exact) mass is 480 g/mol. The van der Waals surface area contributed by atoms with Gasteiger partial charge in [-0.05, 0) is 48.7 Å². The zero-order valence-corrected chi connectivity index (χ0v) is 19.3. The van der Waals surface area contributed by atoms with Crippen LogP contribution < -0.4 is 9.62 Å². The second-order valence-electron chi connectivity index (χ2n) is 8.01. The maximum absolute atomic E-state index is 12.8. The molecule has 0 radical (unpaired) electrons. The molecule has 9 heteroatoms. The van der Waals surface area contributed by atoms with E-state index in [0.29, 0.717) is 6.42 Å². The lowest BCUT2D eigenvalue weighted by atomic mass is 10.1. The summed E-state index contributed by atoms with van der Waals surface area (Å²) in [6, 6.07) is 19.7. The molecule has 0 spiro atoms. The van der Waals surface area contributed by atoms with Crippen LogP contribution in [0.1, 0.15) is 28.4 Å². The van der Waals surface area contributed by atoms with Gasteiger partial charge in [-0.3, -0.25) is 4.79 Å². The fourth-order valence-corrected chi connectivity index (χ4v) is 4.97. The fraction of sp³-hybridized carbons (Fsp3) is 0.200. The van der Waals surface area contributed by atoms with E-state index in [9.17, 15) is 23.1 Å². The number of aromatic hydroxyl groups is 1. The Morgan fingerprint density at radius 1 is 1.06 bits per heavy atom. The molecule has 0 unspecified atom stereocenters. The summed E-state index contributed by atoms with van der Waals surface area (Å²) in [6.07, 6.45) is 0.701. The molecule has 1 aliphatic heterocycles. The molecule has 0 aliphatic carbocycles. The van der Waals surface area contributed by atoms with Crippen LogP contribution in [0.3, 0.4) is 0 Å². The quantitative estimate of drug-likeness (QED) is 0.503. The third kappa shape index (κ3) is 4.95. The van der Waals surface area contributed by atoms with Crippen molar-refractivity contribution < 1.29 is 27.9 Å². The van der Waals surface area contributed by atoms with Gasteiger partial charge >= 0.3 is 5.97 Å². The average Bonchev–Trinajstić information content (AvgIpc) is 3.17. The molecule has 3 aromatic rings. The molecule has 34 heavy (non-hydrogen) atoms. The number of para-hydroxylation sites is 1. The van der Waals surface area contributed by atoms with E-state index in [-0.39, 0.29) is 23.0 Å². The van der Waals surface area contributed by atoms with E-state index in [2.05, 4.69) is 4.72 Å². The molecule has 0 fully saturated rings. The van der Waals surface area contributed by atoms with Gasteiger partial charge in [0.2, 0.25) is 10.0 Å². The van der Waals surface area contributed by atoms with Gasteiger partial charge in [-0.1, -0.05) is 48.5 Å². The predicted molar refractivity (Wildman–Crippen MR) is 126 cm³/mol. The first-order valence-corrected chi connectivity index (χ1v) is 12.2. The summed E-state index contributed by atoms with van der Waals surface area (Å²) >= 11 is 0. The Hall–Kier alpha value is -3.69. The number of ether oxygens (including phenoxy) is 1. The van der Waals surface area contributed by atoms with Crippen molar-refractivity contribution >= 4 is 27.6 Å². The van der Waals surface area contributed by atoms with Crippen LogP contribution in [0.15, 0.2) is 77.7 Å². The predicted octanol–water partition coefficient (Wildman–Crippen LogP) is 3.01. The Labute approximate surface area is 197 Å². The molecule has 0 aromatic heterocycles. The summed E-state index contributed by atoms with van der Waals surface area (Å²) in [5.41, 5.74) is 2.23. The summed E-state index contributed by atoms with van der Waals surface area (Å²) in [4.78, 5) is 26.7. The van der Waals surface area contributed by atoms with Crippen molar-refractivity contribution in [3.05, 3.63) is 89.5 Å². The number of nitrogens with zero attached hydrogens (tertiary/aromatic N) is 1. The number of rotatable bonds is 7. The van der Waals surface area contributed by atoms with Crippen LogP contribution in [-0.4, -0.2) is 38.0 Å². The van der Waals surface area contributed by atoms with E-state index in [1.165, 1.54) is 6.07 Å². The van der Waals surface area contributed by atoms with Crippen molar-refractivity contribution in [3.63, 3.8) is 0 Å². The van der Waals surface area contributed by atoms with Gasteiger partial charge in [-0.25, -0.2) is 17.9 Å². The zero-order valence-electron chi connectivity index (χ0n) is 18.5. The number of anilines is 1. The fourth-order valence-electron chi connectivity index (χ4n) is 3.92. The highest BCUT2D eigenvalue weighted by atomic mass is 32.2. The maximum atomic E-state index is 12.8. The van der Waals surface area contributed by atoms with Gasteiger partial charge in [0.25, 0.3) is 5.91 Å². The molecule has 8 nitrogen and oxygen atoms in total. The Bertz CT molecular complexity index is 1320. The van der Waals surface area contributed by atoms with E-state index < -0.39 is 34.3 Å². The number of hydrogen-bond donors (Lipinski definition) is 2. The van der Waals surface area contributed by atoms with E-state index in [1.54, 1.807) is 29.2 Å². The number of nitrogens with one attached hydrogen (secondary N) is 1. The zero-order chi connectivity index (χ0) is 24.3. The Morgan fingerprint density at radius 2 is 1.76 bits per heavy atom. The number of carbonyl (C=O) groups excluding carboxylic acids is 2. The highest BCUT2D eigenvalue weighted by Crippen LogP contribution is 2.32. The minimum absolute atomic E-state index is 0.0633. The van der Waals surface area contributed by atoms with Crippen molar-refractivity contribution in [2.24, 2.45) is 0 Å². The van der Waals surface area contributed by atoms with Gasteiger partial charge < -0.3 is 14.7 Å². The molecule has 2 N–H and O–H groups in total. The second kappa shape index (κ2) is 9.66. The van der Waals surface area contributed by atoms with E-state index >= 15 is 0 Å². The standard InChI is InChI=1S/C25H24N2O6S/c1-17-13-19-9-5-6-10-22(19)27(17)24(29)16-33-25(30)21-14-20(11-12-23(21)28)34(31,32)26-15-18-7-3-2-4-8-18/h2-12,14,17,26,28H,13,15-16H2,1H3/t17-/m1/s1. The average molecular weight is 481 g/mol. The number of sulfonamides is 1. The number of phenols is 1. The summed E-state index contributed by atoms with van der Waals surface area (Å²) in [5.74, 6) is -1.84. The summed E-state index contributed by atoms with van der Waals surface area (Å²) in [5, 5.41) is 10.1. The third-order valence-electron chi connectivity index (χ3n) is 5.61. The number of fused-ring (bicyclic) bond motifs is 1. The van der Waals surface area contributed by atoms with Crippen molar-refractivity contribution in [3.8, 4) is 5.75 Å². The molecular weight excluding hydrogens is 456 g/mol. The number of amides is 1. The van der Waals surface area contributed by atoms with Crippen LogP contribution in [-0.2, 0) is 32.5 Å². The lowest BCUT2D eigenvalue weighted by molar-refractivity contribution is -0.122. The van der Waals surface area contributed by atoms with E-state index in [4.69, 9.17) is 4.74 Å². The first kappa shape index (κ1) is 23.5. The molecule has 1 amide bonds. The molecular formula is C25H24N2O6S. The number of hydrogen-bond acceptors (Lipinski definition) is 6. The number of esters is 1. The Balaban J connectivity index is 1.44. The SMILES string of the molecule is C[C@@H]1Cc2ccccc2N1C(=O)COC(=O)c1cc(S(=O)(=O)NCc2ccccc2)ccc1O. The van der Waals surface area contributed by atoms with Gasteiger partial charge in [0, 0.05) is 18.3 Å². The Morgan fingerprint density at radius 3 is 2.53 bits per heavy atom. The minimum atomic E-state index is -3.96. The normalized spacial score (nSPS) is 15.1. The molecule has 1 atom stereocenters. The maximum Gasteiger partial charge on any atom is 0.342 e. The highest BCUT2D eigenvalue weighted by Gasteiger charge is 2.31. The lowest BCUT2D eigenvalue weighted by Gasteiger charge is -2.22. The highest BCUT2D eigenvalue weighted by molar-refractivity contribution is 7.89. The van der Waals surface area contributed by atoms with E-state index in [0.717, 1.165) is 28.9 Å². The molecule has 0 saturated heterocycles. The van der Waals surface area contributed by atoms with Crippen LogP contribution >= 0.6 is 0 Å². The van der Waals surface area contributed by atoms with Crippen molar-refractivity contribution in [1.29, 1.82) is 0 Å². The van der Waals surface area contributed by atoms with Gasteiger partial charge in [0.15, 0.2) is 6.61 Å². The molecule has 1 aliphatic rings. The van der Waals surface area contributed by atoms with Crippen LogP contribution in [0.4, 0.5) is 5.69 Å². The number of carbonyl (C=O) groups is 2. The smallest absolute Gasteiger partial charge is 0.342 e. The molecule has 3 aromatic carbocycles. The first-order valence-electron chi connectivity index (χ1n) is 10.7. The topological polar surface area (TPSA) is 113 Å². The largest absolute Gasteiger partial charge is 0.507 e. The van der Waals surface area contributed by atoms with Crippen LogP contribution in [0.25, 0.3) is 0 Å². The Kier molecular flexibility index (Phi) is 6.67. The van der Waals surface area contributed by atoms with Gasteiger partial charge in [0.1, 0.15) is 11.3 Å². The van der Waals surface area contributed by atoms with Gasteiger partial charge in [0.05, 0.1) is 4.90 Å². The second-order valence-corrected chi connectivity index (χ2v) is 9.78. The summed E-state index contributed by atoms with van der Waals surface area (Å²) < 4.78 is 33.0. The van der Waals surface area contributed by atoms with Crippen molar-refractivity contribution in [2.45, 2.75) is 30.8 Å². The summed E-state index contributed by atoms with van der Waals surface area (Å²) in [6.45, 7) is 1.43. The first-order chi connectivity index (χ1) is 16.3. The van der Waals surface area contributed by atoms with Crippen LogP contribution in [0.5, 0.6) is 5.75 Å². The molecule has 4 rings (SSSR count). The van der Waals surface area contributed by atoms with Crippen molar-refractivity contribution in [2.75, 3.05) is 11.5 Å². The van der Waals surface area contributed by atoms with Gasteiger partial charge in [-0.15, -0.1) is 0 Å².